The van der Waals surface area contributed by atoms with Crippen molar-refractivity contribution in [1.82, 2.24) is 14.5 Å². The topological polar surface area (TPSA) is 38.1 Å². The van der Waals surface area contributed by atoms with Crippen molar-refractivity contribution >= 4 is 21.6 Å². The maximum absolute atomic E-state index is 13.3. The molecule has 0 spiro atoms. The van der Waals surface area contributed by atoms with E-state index in [0.29, 0.717) is 12.5 Å². The van der Waals surface area contributed by atoms with Gasteiger partial charge in [-0.2, -0.15) is 0 Å². The number of aryl methyl sites for hydroxylation is 1. The number of aromatic nitrogens is 2. The molecule has 1 aliphatic rings. The third kappa shape index (κ3) is 3.37. The number of pyridine rings is 1. The quantitative estimate of drug-likeness (QED) is 0.720. The van der Waals surface area contributed by atoms with Crippen molar-refractivity contribution in [3.63, 3.8) is 0 Å². The largest absolute Gasteiger partial charge is 0.318 e. The van der Waals surface area contributed by atoms with Crippen LogP contribution in [0.3, 0.4) is 0 Å². The van der Waals surface area contributed by atoms with E-state index < -0.39 is 0 Å². The van der Waals surface area contributed by atoms with E-state index in [1.165, 1.54) is 12.1 Å². The van der Waals surface area contributed by atoms with Crippen LogP contribution in [0, 0.1) is 5.82 Å². The second-order valence-electron chi connectivity index (χ2n) is 6.66. The lowest BCUT2D eigenvalue weighted by molar-refractivity contribution is 0.203. The molecular weight excluding hydrogens is 337 g/mol. The van der Waals surface area contributed by atoms with Gasteiger partial charge in [-0.1, -0.05) is 6.07 Å². The molecule has 0 aliphatic carbocycles. The summed E-state index contributed by atoms with van der Waals surface area (Å²) in [6.45, 7) is 2.60. The predicted octanol–water partition coefficient (Wildman–Crippen LogP) is 3.51. The zero-order valence-electron chi connectivity index (χ0n) is 14.1. The number of rotatable bonds is 3. The Morgan fingerprint density at radius 2 is 2.08 bits per heavy atom. The van der Waals surface area contributed by atoms with Gasteiger partial charge in [-0.15, -0.1) is 11.3 Å². The Bertz CT molecular complexity index is 957. The van der Waals surface area contributed by atoms with Gasteiger partial charge in [0.25, 0.3) is 5.56 Å². The van der Waals surface area contributed by atoms with Crippen LogP contribution >= 0.6 is 11.3 Å². The van der Waals surface area contributed by atoms with Gasteiger partial charge in [0.2, 0.25) is 0 Å². The van der Waals surface area contributed by atoms with E-state index in [4.69, 9.17) is 0 Å². The first-order valence-electron chi connectivity index (χ1n) is 8.53. The summed E-state index contributed by atoms with van der Waals surface area (Å²) in [6, 6.07) is 8.65. The maximum Gasteiger partial charge on any atom is 0.254 e. The fraction of sp³-hybridized carbons (Fsp3) is 0.368. The molecule has 0 N–H and O–H groups in total. The van der Waals surface area contributed by atoms with Gasteiger partial charge in [0.05, 0.1) is 15.2 Å². The highest BCUT2D eigenvalue weighted by molar-refractivity contribution is 7.18. The van der Waals surface area contributed by atoms with Crippen molar-refractivity contribution in [3.8, 4) is 0 Å². The zero-order chi connectivity index (χ0) is 17.4. The van der Waals surface area contributed by atoms with Crippen molar-refractivity contribution in [1.29, 1.82) is 0 Å². The van der Waals surface area contributed by atoms with Gasteiger partial charge in [0.15, 0.2) is 0 Å². The average Bonchev–Trinajstić information content (AvgIpc) is 3.03. The van der Waals surface area contributed by atoms with Crippen molar-refractivity contribution in [2.75, 3.05) is 13.1 Å². The van der Waals surface area contributed by atoms with E-state index >= 15 is 0 Å². The highest BCUT2D eigenvalue weighted by atomic mass is 32.1. The van der Waals surface area contributed by atoms with Gasteiger partial charge < -0.3 is 4.57 Å². The molecule has 0 unspecified atom stereocenters. The fourth-order valence-corrected chi connectivity index (χ4v) is 4.56. The Morgan fingerprint density at radius 1 is 1.28 bits per heavy atom. The van der Waals surface area contributed by atoms with Gasteiger partial charge in [-0.05, 0) is 44.1 Å². The lowest BCUT2D eigenvalue weighted by Gasteiger charge is -2.30. The molecule has 3 heterocycles. The molecule has 2 aromatic heterocycles. The van der Waals surface area contributed by atoms with Gasteiger partial charge >= 0.3 is 0 Å². The average molecular weight is 357 g/mol. The van der Waals surface area contributed by atoms with Gasteiger partial charge in [0.1, 0.15) is 5.82 Å². The van der Waals surface area contributed by atoms with E-state index in [2.05, 4.69) is 9.88 Å². The van der Waals surface area contributed by atoms with Crippen LogP contribution in [0.5, 0.6) is 0 Å². The molecule has 130 valence electrons. The lowest BCUT2D eigenvalue weighted by atomic mass is 9.97. The smallest absolute Gasteiger partial charge is 0.254 e. The first-order valence-corrected chi connectivity index (χ1v) is 9.34. The number of benzene rings is 1. The molecule has 25 heavy (non-hydrogen) atoms. The highest BCUT2D eigenvalue weighted by Gasteiger charge is 2.24. The summed E-state index contributed by atoms with van der Waals surface area (Å²) < 4.78 is 16.0. The van der Waals surface area contributed by atoms with Crippen molar-refractivity contribution in [2.24, 2.45) is 7.05 Å². The summed E-state index contributed by atoms with van der Waals surface area (Å²) in [5.41, 5.74) is 1.69. The third-order valence-electron chi connectivity index (χ3n) is 4.90. The monoisotopic (exact) mass is 357 g/mol. The van der Waals surface area contributed by atoms with Crippen LogP contribution in [0.1, 0.15) is 29.3 Å². The molecule has 6 heteroatoms. The van der Waals surface area contributed by atoms with Crippen LogP contribution in [0.2, 0.25) is 0 Å². The summed E-state index contributed by atoms with van der Waals surface area (Å²) in [7, 11) is 1.79. The van der Waals surface area contributed by atoms with Crippen LogP contribution in [0.25, 0.3) is 10.2 Å². The summed E-state index contributed by atoms with van der Waals surface area (Å²) in [4.78, 5) is 19.1. The van der Waals surface area contributed by atoms with E-state index in [1.807, 2.05) is 18.2 Å². The maximum atomic E-state index is 13.3. The molecule has 1 fully saturated rings. The van der Waals surface area contributed by atoms with E-state index in [1.54, 1.807) is 29.1 Å². The van der Waals surface area contributed by atoms with Crippen molar-refractivity contribution in [3.05, 3.63) is 63.3 Å². The standard InChI is InChI=1S/C19H20FN3OS/c1-22-8-2-3-14(19(22)24)12-23-9-6-13(7-10-23)18-21-16-11-15(20)4-5-17(16)25-18/h2-5,8,11,13H,6-7,9-10,12H2,1H3. The number of piperidine rings is 1. The second kappa shape index (κ2) is 6.69. The van der Waals surface area contributed by atoms with Gasteiger partial charge in [0, 0.05) is 37.3 Å². The van der Waals surface area contributed by atoms with Crippen LogP contribution in [-0.4, -0.2) is 27.5 Å². The Labute approximate surface area is 149 Å². The number of nitrogens with zero attached hydrogens (tertiary/aromatic N) is 3. The number of fused-ring (bicyclic) bond motifs is 1. The lowest BCUT2D eigenvalue weighted by Crippen LogP contribution is -2.35. The van der Waals surface area contributed by atoms with Crippen LogP contribution in [0.4, 0.5) is 4.39 Å². The SMILES string of the molecule is Cn1cccc(CN2CCC(c3nc4cc(F)ccc4s3)CC2)c1=O. The summed E-state index contributed by atoms with van der Waals surface area (Å²) in [5, 5.41) is 1.11. The minimum Gasteiger partial charge on any atom is -0.318 e. The second-order valence-corrected chi connectivity index (χ2v) is 7.73. The third-order valence-corrected chi connectivity index (χ3v) is 6.10. The first kappa shape index (κ1) is 16.4. The minimum atomic E-state index is -0.233. The summed E-state index contributed by atoms with van der Waals surface area (Å²) >= 11 is 1.67. The first-order chi connectivity index (χ1) is 12.1. The molecule has 1 aliphatic heterocycles. The summed E-state index contributed by atoms with van der Waals surface area (Å²) in [5.74, 6) is 0.193. The Morgan fingerprint density at radius 3 is 2.88 bits per heavy atom. The molecule has 0 saturated carbocycles. The Balaban J connectivity index is 1.43. The van der Waals surface area contributed by atoms with Crippen LogP contribution < -0.4 is 5.56 Å². The zero-order valence-corrected chi connectivity index (χ0v) is 14.9. The van der Waals surface area contributed by atoms with Crippen LogP contribution in [0.15, 0.2) is 41.3 Å². The van der Waals surface area contributed by atoms with E-state index in [9.17, 15) is 9.18 Å². The molecule has 4 nitrogen and oxygen atoms in total. The van der Waals surface area contributed by atoms with Crippen molar-refractivity contribution < 1.29 is 4.39 Å². The predicted molar refractivity (Wildman–Crippen MR) is 98.5 cm³/mol. The highest BCUT2D eigenvalue weighted by Crippen LogP contribution is 2.34. The normalized spacial score (nSPS) is 16.6. The van der Waals surface area contributed by atoms with Crippen LogP contribution in [-0.2, 0) is 13.6 Å². The molecule has 1 saturated heterocycles. The van der Waals surface area contributed by atoms with E-state index in [0.717, 1.165) is 46.7 Å². The number of thiazole rings is 1. The number of likely N-dealkylation sites (tertiary alicyclic amines) is 1. The Hall–Kier alpha value is -2.05. The molecule has 3 aromatic rings. The molecule has 4 rings (SSSR count). The fourth-order valence-electron chi connectivity index (χ4n) is 3.45. The molecule has 0 amide bonds. The van der Waals surface area contributed by atoms with E-state index in [-0.39, 0.29) is 11.4 Å². The van der Waals surface area contributed by atoms with Gasteiger partial charge in [-0.3, -0.25) is 9.69 Å². The molecule has 0 bridgehead atoms. The minimum absolute atomic E-state index is 0.0813. The van der Waals surface area contributed by atoms with Gasteiger partial charge in [-0.25, -0.2) is 9.37 Å². The molecule has 0 atom stereocenters. The molecule has 1 aromatic carbocycles. The molecular formula is C19H20FN3OS. The number of hydrogen-bond acceptors (Lipinski definition) is 4. The number of halogens is 1. The number of hydrogen-bond donors (Lipinski definition) is 0. The summed E-state index contributed by atoms with van der Waals surface area (Å²) in [6.07, 6.45) is 3.83. The molecule has 0 radical (unpaired) electrons. The van der Waals surface area contributed by atoms with Crippen molar-refractivity contribution in [2.45, 2.75) is 25.3 Å². The Kier molecular flexibility index (Phi) is 4.39.